The molecule has 1 saturated heterocycles. The summed E-state index contributed by atoms with van der Waals surface area (Å²) in [5, 5.41) is 0. The van der Waals surface area contributed by atoms with Crippen molar-refractivity contribution in [1.29, 1.82) is 0 Å². The van der Waals surface area contributed by atoms with Crippen LogP contribution in [0, 0.1) is 0 Å². The highest BCUT2D eigenvalue weighted by molar-refractivity contribution is 5.95. The van der Waals surface area contributed by atoms with Gasteiger partial charge in [-0.25, -0.2) is 4.79 Å². The lowest BCUT2D eigenvalue weighted by Gasteiger charge is -2.21. The zero-order valence-corrected chi connectivity index (χ0v) is 16.8. The lowest BCUT2D eigenvalue weighted by molar-refractivity contribution is -0.133. The van der Waals surface area contributed by atoms with E-state index >= 15 is 0 Å². The minimum atomic E-state index is -0.600. The van der Waals surface area contributed by atoms with Crippen LogP contribution in [0.3, 0.4) is 0 Å². The van der Waals surface area contributed by atoms with E-state index in [1.165, 1.54) is 7.11 Å². The molecule has 0 atom stereocenters. The Hall–Kier alpha value is -3.33. The molecule has 1 aliphatic rings. The lowest BCUT2D eigenvalue weighted by atomic mass is 10.2. The monoisotopic (exact) mass is 415 g/mol. The molecule has 9 nitrogen and oxygen atoms in total. The van der Waals surface area contributed by atoms with Crippen LogP contribution in [0.1, 0.15) is 33.1 Å². The molecule has 0 aliphatic carbocycles. The van der Waals surface area contributed by atoms with E-state index in [0.29, 0.717) is 37.7 Å². The number of hydrogen-bond donors (Lipinski definition) is 1. The molecule has 160 valence electrons. The van der Waals surface area contributed by atoms with Gasteiger partial charge in [0.2, 0.25) is 5.76 Å². The van der Waals surface area contributed by atoms with E-state index in [1.54, 1.807) is 41.3 Å². The van der Waals surface area contributed by atoms with E-state index < -0.39 is 11.9 Å². The number of methoxy groups -OCH3 is 1. The Morgan fingerprint density at radius 2 is 1.87 bits per heavy atom. The number of nitrogens with zero attached hydrogens (tertiary/aromatic N) is 2. The van der Waals surface area contributed by atoms with Crippen LogP contribution in [-0.2, 0) is 16.1 Å². The van der Waals surface area contributed by atoms with Gasteiger partial charge in [-0.2, -0.15) is 0 Å². The predicted octanol–water partition coefficient (Wildman–Crippen LogP) is 1.28. The van der Waals surface area contributed by atoms with Crippen molar-refractivity contribution in [2.45, 2.75) is 13.0 Å². The first-order valence-corrected chi connectivity index (χ1v) is 9.66. The molecule has 1 aliphatic heterocycles. The molecule has 9 heteroatoms. The van der Waals surface area contributed by atoms with Gasteiger partial charge >= 0.3 is 5.97 Å². The molecule has 1 aromatic heterocycles. The Morgan fingerprint density at radius 1 is 1.07 bits per heavy atom. The number of benzene rings is 1. The molecule has 0 spiro atoms. The van der Waals surface area contributed by atoms with Gasteiger partial charge in [-0.15, -0.1) is 0 Å². The maximum absolute atomic E-state index is 12.6. The Bertz CT molecular complexity index is 910. The summed E-state index contributed by atoms with van der Waals surface area (Å²) in [6.45, 7) is 3.00. The molecular weight excluding hydrogens is 390 g/mol. The number of carbonyl (C=O) groups excluding carboxylic acids is 3. The first-order chi connectivity index (χ1) is 14.5. The summed E-state index contributed by atoms with van der Waals surface area (Å²) in [4.78, 5) is 39.5. The number of rotatable bonds is 7. The normalized spacial score (nSPS) is 14.8. The van der Waals surface area contributed by atoms with Crippen LogP contribution < -0.4 is 10.5 Å². The van der Waals surface area contributed by atoms with E-state index in [1.807, 2.05) is 0 Å². The number of ether oxygens (including phenoxy) is 2. The van der Waals surface area contributed by atoms with Gasteiger partial charge in [0.1, 0.15) is 11.5 Å². The number of nitrogens with two attached hydrogens (primary N) is 1. The SMILES string of the molecule is COC(=O)c1ccc(CN2CCCN(C(=O)COc3ccccc3C(N)=O)CC2)o1. The summed E-state index contributed by atoms with van der Waals surface area (Å²) in [5.41, 5.74) is 5.58. The molecule has 2 N–H and O–H groups in total. The first-order valence-electron chi connectivity index (χ1n) is 9.66. The summed E-state index contributed by atoms with van der Waals surface area (Å²) in [5.74, 6) is -0.117. The van der Waals surface area contributed by atoms with Crippen molar-refractivity contribution in [3.8, 4) is 5.75 Å². The minimum absolute atomic E-state index is 0.151. The molecule has 2 heterocycles. The third-order valence-electron chi connectivity index (χ3n) is 4.87. The number of carbonyl (C=O) groups is 3. The minimum Gasteiger partial charge on any atom is -0.483 e. The van der Waals surface area contributed by atoms with E-state index in [4.69, 9.17) is 14.9 Å². The van der Waals surface area contributed by atoms with E-state index in [9.17, 15) is 14.4 Å². The quantitative estimate of drug-likeness (QED) is 0.677. The van der Waals surface area contributed by atoms with Gasteiger partial charge < -0.3 is 24.5 Å². The van der Waals surface area contributed by atoms with Crippen molar-refractivity contribution in [1.82, 2.24) is 9.80 Å². The van der Waals surface area contributed by atoms with E-state index in [-0.39, 0.29) is 23.8 Å². The maximum atomic E-state index is 12.6. The number of esters is 1. The number of primary amides is 1. The first kappa shape index (κ1) is 21.4. The maximum Gasteiger partial charge on any atom is 0.373 e. The number of amides is 2. The fourth-order valence-corrected chi connectivity index (χ4v) is 3.30. The summed E-state index contributed by atoms with van der Waals surface area (Å²) in [7, 11) is 1.31. The van der Waals surface area contributed by atoms with Gasteiger partial charge in [-0.1, -0.05) is 12.1 Å². The topological polar surface area (TPSA) is 115 Å². The van der Waals surface area contributed by atoms with E-state index in [0.717, 1.165) is 13.0 Å². The summed E-state index contributed by atoms with van der Waals surface area (Å²) in [6.07, 6.45) is 0.800. The summed E-state index contributed by atoms with van der Waals surface area (Å²) >= 11 is 0. The largest absolute Gasteiger partial charge is 0.483 e. The van der Waals surface area contributed by atoms with Gasteiger partial charge in [-0.05, 0) is 30.7 Å². The van der Waals surface area contributed by atoms with Gasteiger partial charge in [-0.3, -0.25) is 14.5 Å². The second-order valence-corrected chi connectivity index (χ2v) is 6.92. The highest BCUT2D eigenvalue weighted by Gasteiger charge is 2.21. The summed E-state index contributed by atoms with van der Waals surface area (Å²) < 4.78 is 15.7. The van der Waals surface area contributed by atoms with Crippen LogP contribution in [0.4, 0.5) is 0 Å². The van der Waals surface area contributed by atoms with Gasteiger partial charge in [0.25, 0.3) is 11.8 Å². The Balaban J connectivity index is 1.51. The highest BCUT2D eigenvalue weighted by Crippen LogP contribution is 2.18. The fourth-order valence-electron chi connectivity index (χ4n) is 3.30. The van der Waals surface area contributed by atoms with Gasteiger partial charge in [0, 0.05) is 26.2 Å². The molecule has 2 aromatic rings. The van der Waals surface area contributed by atoms with Crippen LogP contribution >= 0.6 is 0 Å². The number of hydrogen-bond acceptors (Lipinski definition) is 7. The van der Waals surface area contributed by atoms with Crippen LogP contribution in [0.2, 0.25) is 0 Å². The van der Waals surface area contributed by atoms with Gasteiger partial charge in [0.05, 0.1) is 19.2 Å². The number of para-hydroxylation sites is 1. The van der Waals surface area contributed by atoms with Crippen molar-refractivity contribution >= 4 is 17.8 Å². The standard InChI is InChI=1S/C21H25N3O6/c1-28-21(27)18-8-7-15(30-18)13-23-9-4-10-24(12-11-23)19(25)14-29-17-6-3-2-5-16(17)20(22)26/h2-3,5-8H,4,9-14H2,1H3,(H2,22,26). The van der Waals surface area contributed by atoms with Crippen LogP contribution in [0.25, 0.3) is 0 Å². The second kappa shape index (κ2) is 9.93. The molecule has 3 rings (SSSR count). The molecular formula is C21H25N3O6. The van der Waals surface area contributed by atoms with Crippen molar-refractivity contribution in [3.05, 3.63) is 53.5 Å². The molecule has 0 saturated carbocycles. The van der Waals surface area contributed by atoms with Crippen LogP contribution in [0.15, 0.2) is 40.8 Å². The highest BCUT2D eigenvalue weighted by atomic mass is 16.5. The Morgan fingerprint density at radius 3 is 2.63 bits per heavy atom. The molecule has 1 fully saturated rings. The Kier molecular flexibility index (Phi) is 7.08. The molecule has 1 aromatic carbocycles. The molecule has 0 bridgehead atoms. The average Bonchev–Trinajstić information content (AvgIpc) is 3.09. The number of furan rings is 1. The Labute approximate surface area is 174 Å². The smallest absolute Gasteiger partial charge is 0.373 e. The predicted molar refractivity (Wildman–Crippen MR) is 107 cm³/mol. The zero-order chi connectivity index (χ0) is 21.5. The zero-order valence-electron chi connectivity index (χ0n) is 16.8. The molecule has 2 amide bonds. The fraction of sp³-hybridized carbons (Fsp3) is 0.381. The van der Waals surface area contributed by atoms with Crippen LogP contribution in [0.5, 0.6) is 5.75 Å². The third-order valence-corrected chi connectivity index (χ3v) is 4.87. The molecule has 30 heavy (non-hydrogen) atoms. The third kappa shape index (κ3) is 5.38. The molecule has 0 radical (unpaired) electrons. The van der Waals surface area contributed by atoms with E-state index in [2.05, 4.69) is 9.64 Å². The second-order valence-electron chi connectivity index (χ2n) is 6.92. The average molecular weight is 415 g/mol. The lowest BCUT2D eigenvalue weighted by Crippen LogP contribution is -2.38. The van der Waals surface area contributed by atoms with Crippen molar-refractivity contribution in [3.63, 3.8) is 0 Å². The van der Waals surface area contributed by atoms with Crippen molar-refractivity contribution in [2.24, 2.45) is 5.73 Å². The van der Waals surface area contributed by atoms with Crippen LogP contribution in [-0.4, -0.2) is 67.5 Å². The van der Waals surface area contributed by atoms with Crippen molar-refractivity contribution in [2.75, 3.05) is 39.9 Å². The summed E-state index contributed by atoms with van der Waals surface area (Å²) in [6, 6.07) is 9.93. The molecule has 0 unspecified atom stereocenters. The van der Waals surface area contributed by atoms with Crippen molar-refractivity contribution < 1.29 is 28.3 Å². The van der Waals surface area contributed by atoms with Gasteiger partial charge in [0.15, 0.2) is 6.61 Å².